The third-order valence-corrected chi connectivity index (χ3v) is 11.3. The van der Waals surface area contributed by atoms with E-state index in [4.69, 9.17) is 19.5 Å². The van der Waals surface area contributed by atoms with Gasteiger partial charge in [0.05, 0.1) is 5.54 Å². The van der Waals surface area contributed by atoms with Crippen LogP contribution >= 0.6 is 0 Å². The molecule has 0 saturated heterocycles. The number of pyridine rings is 1. The number of nitrogens with zero attached hydrogens (tertiary/aromatic N) is 3. The molecule has 0 amide bonds. The molecule has 51 heavy (non-hydrogen) atoms. The number of fused-ring (bicyclic) bond motifs is 2. The third kappa shape index (κ3) is 6.93. The minimum absolute atomic E-state index is 0. The Morgan fingerprint density at radius 2 is 1.55 bits per heavy atom. The van der Waals surface area contributed by atoms with E-state index in [0.29, 0.717) is 29.9 Å². The molecule has 6 heteroatoms. The summed E-state index contributed by atoms with van der Waals surface area (Å²) in [5.41, 5.74) is 9.42. The molecule has 2 aliphatic heterocycles. The fraction of sp³-hybridized carbons (Fsp3) is 0.467. The van der Waals surface area contributed by atoms with Crippen molar-refractivity contribution < 1.29 is 30.5 Å². The zero-order chi connectivity index (χ0) is 35.8. The molecular formula is C45H53N3O2Pt. The first-order chi connectivity index (χ1) is 23.4. The van der Waals surface area contributed by atoms with Crippen molar-refractivity contribution in [2.45, 2.75) is 124 Å². The molecule has 3 aromatic carbocycles. The molecule has 0 unspecified atom stereocenters. The summed E-state index contributed by atoms with van der Waals surface area (Å²) in [5.74, 6) is 3.42. The Labute approximate surface area is 320 Å². The summed E-state index contributed by atoms with van der Waals surface area (Å²) in [6.45, 7) is 25.2. The van der Waals surface area contributed by atoms with Gasteiger partial charge in [0.1, 0.15) is 18.3 Å². The van der Waals surface area contributed by atoms with Crippen LogP contribution in [0.15, 0.2) is 59.7 Å². The maximum Gasteiger partial charge on any atom is 2.00 e. The Morgan fingerprint density at radius 1 is 0.843 bits per heavy atom. The molecule has 4 aromatic rings. The van der Waals surface area contributed by atoms with Crippen molar-refractivity contribution in [1.82, 2.24) is 4.98 Å². The molecule has 270 valence electrons. The molecule has 3 aliphatic rings. The SMILES string of the molecule is Cc1ccc2c(c1)C(C)(C)c1cc(C)c(Oc3[c-]c(C4=N[C@](C)(C5CCCC5)CO4)cc(C(C)(C)C)c3)[c-]c1N2c1cc(C(C)(C)C)ccn1.[Pt+2]. The maximum atomic E-state index is 6.83. The van der Waals surface area contributed by atoms with Gasteiger partial charge in [-0.1, -0.05) is 116 Å². The van der Waals surface area contributed by atoms with E-state index in [1.54, 1.807) is 0 Å². The predicted octanol–water partition coefficient (Wildman–Crippen LogP) is 11.5. The summed E-state index contributed by atoms with van der Waals surface area (Å²) >= 11 is 0. The molecule has 1 atom stereocenters. The first-order valence-corrected chi connectivity index (χ1v) is 18.4. The van der Waals surface area contributed by atoms with Gasteiger partial charge in [-0.05, 0) is 78.2 Å². The molecule has 1 aromatic heterocycles. The zero-order valence-corrected chi connectivity index (χ0v) is 34.6. The molecule has 0 N–H and O–H groups in total. The molecule has 1 saturated carbocycles. The average Bonchev–Trinajstić information content (AvgIpc) is 3.73. The van der Waals surface area contributed by atoms with E-state index in [-0.39, 0.29) is 42.8 Å². The molecule has 0 spiro atoms. The minimum atomic E-state index is -0.260. The van der Waals surface area contributed by atoms with Gasteiger partial charge in [-0.25, -0.2) is 4.98 Å². The van der Waals surface area contributed by atoms with Crippen LogP contribution in [0.1, 0.15) is 127 Å². The van der Waals surface area contributed by atoms with Gasteiger partial charge < -0.3 is 14.4 Å². The second kappa shape index (κ2) is 13.2. The molecule has 0 bridgehead atoms. The second-order valence-corrected chi connectivity index (χ2v) is 17.7. The summed E-state index contributed by atoms with van der Waals surface area (Å²) < 4.78 is 13.2. The van der Waals surface area contributed by atoms with E-state index in [2.05, 4.69) is 142 Å². The van der Waals surface area contributed by atoms with E-state index in [0.717, 1.165) is 33.9 Å². The summed E-state index contributed by atoms with van der Waals surface area (Å²) in [5, 5.41) is 0. The first-order valence-electron chi connectivity index (χ1n) is 18.4. The minimum Gasteiger partial charge on any atom is -0.518 e. The van der Waals surface area contributed by atoms with Crippen molar-refractivity contribution in [2.24, 2.45) is 10.9 Å². The number of anilines is 3. The van der Waals surface area contributed by atoms with Crippen molar-refractivity contribution in [1.29, 1.82) is 0 Å². The summed E-state index contributed by atoms with van der Waals surface area (Å²) in [4.78, 5) is 12.4. The van der Waals surface area contributed by atoms with Gasteiger partial charge >= 0.3 is 21.1 Å². The smallest absolute Gasteiger partial charge is 0.518 e. The second-order valence-electron chi connectivity index (χ2n) is 17.7. The Hall–Kier alpha value is -3.43. The first kappa shape index (κ1) is 37.3. The zero-order valence-electron chi connectivity index (χ0n) is 32.3. The topological polar surface area (TPSA) is 47.0 Å². The van der Waals surface area contributed by atoms with Gasteiger partial charge in [0.15, 0.2) is 0 Å². The Balaban J connectivity index is 0.00000448. The number of rotatable bonds is 5. The quantitative estimate of drug-likeness (QED) is 0.188. The van der Waals surface area contributed by atoms with Crippen molar-refractivity contribution in [2.75, 3.05) is 11.5 Å². The number of hydrogen-bond donors (Lipinski definition) is 0. The van der Waals surface area contributed by atoms with Crippen molar-refractivity contribution >= 4 is 23.1 Å². The van der Waals surface area contributed by atoms with Crippen LogP contribution in [0.5, 0.6) is 11.5 Å². The number of ether oxygens (including phenoxy) is 2. The molecule has 5 nitrogen and oxygen atoms in total. The van der Waals surface area contributed by atoms with Gasteiger partial charge in [0.2, 0.25) is 0 Å². The van der Waals surface area contributed by atoms with Gasteiger partial charge in [0, 0.05) is 23.4 Å². The van der Waals surface area contributed by atoms with Crippen LogP contribution in [0, 0.1) is 31.9 Å². The van der Waals surface area contributed by atoms with E-state index < -0.39 is 0 Å². The van der Waals surface area contributed by atoms with Crippen LogP contribution < -0.4 is 9.64 Å². The Kier molecular flexibility index (Phi) is 9.67. The van der Waals surface area contributed by atoms with Crippen LogP contribution in [0.4, 0.5) is 17.2 Å². The van der Waals surface area contributed by atoms with E-state index in [1.807, 2.05) is 6.20 Å². The molecule has 3 heterocycles. The maximum absolute atomic E-state index is 6.83. The number of hydrogen-bond acceptors (Lipinski definition) is 5. The van der Waals surface area contributed by atoms with Crippen LogP contribution in [-0.4, -0.2) is 23.0 Å². The van der Waals surface area contributed by atoms with Gasteiger partial charge in [0.25, 0.3) is 0 Å². The molecule has 1 aliphatic carbocycles. The van der Waals surface area contributed by atoms with Crippen LogP contribution in [0.3, 0.4) is 0 Å². The van der Waals surface area contributed by atoms with Gasteiger partial charge in [-0.2, -0.15) is 6.07 Å². The summed E-state index contributed by atoms with van der Waals surface area (Å²) in [6.07, 6.45) is 6.93. The number of aryl methyl sites for hydroxylation is 2. The number of aromatic nitrogens is 1. The van der Waals surface area contributed by atoms with E-state index in [1.165, 1.54) is 47.9 Å². The van der Waals surface area contributed by atoms with Crippen molar-refractivity contribution in [3.05, 3.63) is 106 Å². The summed E-state index contributed by atoms with van der Waals surface area (Å²) in [7, 11) is 0. The largest absolute Gasteiger partial charge is 2.00 e. The molecule has 7 rings (SSSR count). The standard InChI is InChI=1S/C45H53N3O2.Pt/c1-28-16-17-37-35(20-28)44(9,10)36-21-29(2)39(26-38(36)48(37)40-25-32(18-19-46-40)42(3,4)5)50-34-23-30(22-33(24-34)43(6,7)8)41-47-45(11,27-49-41)31-14-12-13-15-31;/h16-22,24-25,31H,12-15,27H2,1-11H3;/q-2;+2/t45-;/m0./s1. The van der Waals surface area contributed by atoms with Crippen molar-refractivity contribution in [3.8, 4) is 11.5 Å². The van der Waals surface area contributed by atoms with Crippen LogP contribution in [0.2, 0.25) is 0 Å². The molecule has 0 radical (unpaired) electrons. The normalized spacial score (nSPS) is 19.9. The number of aliphatic imine (C=N–C) groups is 1. The van der Waals surface area contributed by atoms with Crippen LogP contribution in [0.25, 0.3) is 0 Å². The van der Waals surface area contributed by atoms with E-state index in [9.17, 15) is 0 Å². The van der Waals surface area contributed by atoms with Gasteiger partial charge in [-0.3, -0.25) is 4.99 Å². The molecule has 1 fully saturated rings. The monoisotopic (exact) mass is 862 g/mol. The fourth-order valence-corrected chi connectivity index (χ4v) is 7.90. The van der Waals surface area contributed by atoms with Crippen molar-refractivity contribution in [3.63, 3.8) is 0 Å². The van der Waals surface area contributed by atoms with E-state index >= 15 is 0 Å². The Bertz CT molecular complexity index is 1990. The number of benzene rings is 3. The third-order valence-electron chi connectivity index (χ3n) is 11.3. The predicted molar refractivity (Wildman–Crippen MR) is 205 cm³/mol. The van der Waals surface area contributed by atoms with Crippen LogP contribution in [-0.2, 0) is 42.0 Å². The summed E-state index contributed by atoms with van der Waals surface area (Å²) in [6, 6.07) is 25.0. The molecular weight excluding hydrogens is 810 g/mol. The fourth-order valence-electron chi connectivity index (χ4n) is 7.90. The Morgan fingerprint density at radius 3 is 2.24 bits per heavy atom. The average molecular weight is 863 g/mol. The van der Waals surface area contributed by atoms with Gasteiger partial charge in [-0.15, -0.1) is 28.8 Å².